The van der Waals surface area contributed by atoms with E-state index in [0.717, 1.165) is 0 Å². The predicted molar refractivity (Wildman–Crippen MR) is 21.9 cm³/mol. The Morgan fingerprint density at radius 3 is 2.17 bits per heavy atom. The van der Waals surface area contributed by atoms with Crippen molar-refractivity contribution < 1.29 is 13.2 Å². The maximum atomic E-state index is 10.9. The first-order chi connectivity index (χ1) is 2.77. The van der Waals surface area contributed by atoms with Crippen LogP contribution in [0, 0.1) is 0 Å². The molecule has 1 nitrogen and oxygen atoms in total. The van der Waals surface area contributed by atoms with Gasteiger partial charge in [-0.15, -0.1) is 0 Å². The van der Waals surface area contributed by atoms with E-state index >= 15 is 0 Å². The summed E-state index contributed by atoms with van der Waals surface area (Å²) in [6.45, 7) is -0.397. The summed E-state index contributed by atoms with van der Waals surface area (Å²) in [7, 11) is 0.407. The van der Waals surface area contributed by atoms with Gasteiger partial charge in [-0.2, -0.15) is 0 Å². The highest BCUT2D eigenvalue weighted by Gasteiger charge is 1.95. The topological polar surface area (TPSA) is 9.23 Å². The van der Waals surface area contributed by atoms with Crippen molar-refractivity contribution in [3.63, 3.8) is 0 Å². The monoisotopic (exact) mass is 112 g/mol. The maximum Gasteiger partial charge on any atom is 0.260 e. The quantitative estimate of drug-likeness (QED) is 0.439. The van der Waals surface area contributed by atoms with E-state index in [2.05, 4.69) is 4.43 Å². The summed E-state index contributed by atoms with van der Waals surface area (Å²) in [5.74, 6) is 0. The Bertz CT molecular complexity index is 32.7. The smallest absolute Gasteiger partial charge is 0.260 e. The lowest BCUT2D eigenvalue weighted by Crippen LogP contribution is -2.00. The van der Waals surface area contributed by atoms with Crippen molar-refractivity contribution in [2.45, 2.75) is 6.43 Å². The van der Waals surface area contributed by atoms with Crippen LogP contribution in [0.25, 0.3) is 0 Å². The zero-order valence-electron chi connectivity index (χ0n) is 3.45. The van der Waals surface area contributed by atoms with E-state index in [-0.39, 0.29) is 0 Å². The van der Waals surface area contributed by atoms with Crippen molar-refractivity contribution in [2.75, 3.05) is 6.61 Å². The maximum absolute atomic E-state index is 10.9. The molecular formula is C2H6F2OSi. The van der Waals surface area contributed by atoms with E-state index in [1.165, 1.54) is 0 Å². The fraction of sp³-hybridized carbons (Fsp3) is 1.00. The molecule has 0 radical (unpaired) electrons. The van der Waals surface area contributed by atoms with Crippen LogP contribution in [0.4, 0.5) is 8.78 Å². The molecule has 0 aromatic carbocycles. The SMILES string of the molecule is FC(F)CO[SiH3]. The van der Waals surface area contributed by atoms with Crippen LogP contribution in [0.2, 0.25) is 0 Å². The van der Waals surface area contributed by atoms with Crippen molar-refractivity contribution in [1.29, 1.82) is 0 Å². The first-order valence-electron chi connectivity index (χ1n) is 1.54. The van der Waals surface area contributed by atoms with Crippen molar-refractivity contribution in [3.8, 4) is 0 Å². The average Bonchev–Trinajstić information content (AvgIpc) is 1.35. The lowest BCUT2D eigenvalue weighted by atomic mass is 10.8. The Hall–Kier alpha value is 0.0369. The molecule has 0 amide bonds. The summed E-state index contributed by atoms with van der Waals surface area (Å²) in [4.78, 5) is 0. The third-order valence-corrected chi connectivity index (χ3v) is 0.626. The molecule has 0 saturated heterocycles. The van der Waals surface area contributed by atoms with Gasteiger partial charge in [-0.1, -0.05) is 0 Å². The van der Waals surface area contributed by atoms with Gasteiger partial charge in [0.05, 0.1) is 6.61 Å². The van der Waals surface area contributed by atoms with Gasteiger partial charge in [0.1, 0.15) is 10.5 Å². The fourth-order valence-corrected chi connectivity index (χ4v) is 0.378. The molecule has 38 valence electrons. The summed E-state index contributed by atoms with van der Waals surface area (Å²) < 4.78 is 26.1. The molecule has 6 heavy (non-hydrogen) atoms. The Morgan fingerprint density at radius 2 is 2.17 bits per heavy atom. The van der Waals surface area contributed by atoms with E-state index in [4.69, 9.17) is 0 Å². The Kier molecular flexibility index (Phi) is 3.26. The highest BCUT2D eigenvalue weighted by molar-refractivity contribution is 5.97. The van der Waals surface area contributed by atoms with Crippen LogP contribution in [0.15, 0.2) is 0 Å². The first-order valence-corrected chi connectivity index (χ1v) is 2.36. The lowest BCUT2D eigenvalue weighted by molar-refractivity contribution is 0.0866. The van der Waals surface area contributed by atoms with E-state index in [9.17, 15) is 8.78 Å². The first kappa shape index (κ1) is 6.04. The molecule has 0 aromatic rings. The molecule has 0 bridgehead atoms. The summed E-state index contributed by atoms with van der Waals surface area (Å²) in [6.07, 6.45) is -2.29. The average molecular weight is 112 g/mol. The molecule has 0 aliphatic carbocycles. The lowest BCUT2D eigenvalue weighted by Gasteiger charge is -1.91. The Labute approximate surface area is 37.8 Å². The Balaban J connectivity index is 2.63. The van der Waals surface area contributed by atoms with E-state index in [1.807, 2.05) is 0 Å². The third-order valence-electron chi connectivity index (χ3n) is 0.293. The van der Waals surface area contributed by atoms with Gasteiger partial charge in [-0.05, 0) is 0 Å². The van der Waals surface area contributed by atoms with Crippen molar-refractivity contribution in [3.05, 3.63) is 0 Å². The van der Waals surface area contributed by atoms with Gasteiger partial charge < -0.3 is 4.43 Å². The second kappa shape index (κ2) is 3.24. The zero-order chi connectivity index (χ0) is 4.99. The minimum atomic E-state index is -2.29. The van der Waals surface area contributed by atoms with Gasteiger partial charge in [-0.3, -0.25) is 0 Å². The number of hydrogen-bond acceptors (Lipinski definition) is 1. The third kappa shape index (κ3) is 4.04. The largest absolute Gasteiger partial charge is 0.422 e. The molecule has 0 saturated carbocycles. The molecule has 0 heterocycles. The number of alkyl halides is 2. The highest BCUT2D eigenvalue weighted by Crippen LogP contribution is 1.88. The molecule has 0 rings (SSSR count). The van der Waals surface area contributed by atoms with E-state index in [0.29, 0.717) is 10.5 Å². The zero-order valence-corrected chi connectivity index (χ0v) is 5.45. The highest BCUT2D eigenvalue weighted by atomic mass is 28.2. The molecule has 0 aromatic heterocycles. The van der Waals surface area contributed by atoms with Crippen molar-refractivity contribution in [1.82, 2.24) is 0 Å². The van der Waals surface area contributed by atoms with Crippen molar-refractivity contribution >= 4 is 10.5 Å². The number of hydrogen-bond donors (Lipinski definition) is 0. The summed E-state index contributed by atoms with van der Waals surface area (Å²) in [5, 5.41) is 0. The molecule has 0 fully saturated rings. The fourth-order valence-electron chi connectivity index (χ4n) is 0.126. The second-order valence-electron chi connectivity index (χ2n) is 0.846. The molecule has 0 unspecified atom stereocenters. The number of halogens is 2. The van der Waals surface area contributed by atoms with E-state index in [1.54, 1.807) is 0 Å². The minimum absolute atomic E-state index is 0.397. The van der Waals surface area contributed by atoms with Gasteiger partial charge in [0, 0.05) is 0 Å². The summed E-state index contributed by atoms with van der Waals surface area (Å²) >= 11 is 0. The molecule has 0 atom stereocenters. The molecule has 4 heteroatoms. The number of rotatable bonds is 2. The molecule has 0 aliphatic rings. The van der Waals surface area contributed by atoms with Crippen LogP contribution >= 0.6 is 0 Å². The van der Waals surface area contributed by atoms with Gasteiger partial charge in [-0.25, -0.2) is 8.78 Å². The standard InChI is InChI=1S/C2H6F2OSi/c3-2(4)1-5-6/h2H,1H2,6H3. The van der Waals surface area contributed by atoms with Crippen LogP contribution in [-0.2, 0) is 4.43 Å². The predicted octanol–water partition coefficient (Wildman–Crippen LogP) is -0.452. The van der Waals surface area contributed by atoms with Crippen LogP contribution in [0.3, 0.4) is 0 Å². The van der Waals surface area contributed by atoms with Gasteiger partial charge >= 0.3 is 0 Å². The summed E-state index contributed by atoms with van der Waals surface area (Å²) in [5.41, 5.74) is 0. The summed E-state index contributed by atoms with van der Waals surface area (Å²) in [6, 6.07) is 0. The molecule has 0 aliphatic heterocycles. The van der Waals surface area contributed by atoms with Gasteiger partial charge in [0.25, 0.3) is 6.43 Å². The molecule has 0 N–H and O–H groups in total. The molecule has 0 spiro atoms. The van der Waals surface area contributed by atoms with Gasteiger partial charge in [0.2, 0.25) is 0 Å². The van der Waals surface area contributed by atoms with E-state index < -0.39 is 13.0 Å². The Morgan fingerprint density at radius 1 is 1.67 bits per heavy atom. The minimum Gasteiger partial charge on any atom is -0.422 e. The van der Waals surface area contributed by atoms with Crippen LogP contribution in [0.1, 0.15) is 0 Å². The van der Waals surface area contributed by atoms with Crippen LogP contribution in [0.5, 0.6) is 0 Å². The second-order valence-corrected chi connectivity index (χ2v) is 1.42. The normalized spacial score (nSPS) is 10.5. The van der Waals surface area contributed by atoms with Gasteiger partial charge in [0.15, 0.2) is 0 Å². The van der Waals surface area contributed by atoms with Crippen LogP contribution in [-0.4, -0.2) is 23.5 Å². The van der Waals surface area contributed by atoms with Crippen LogP contribution < -0.4 is 0 Å². The van der Waals surface area contributed by atoms with Crippen molar-refractivity contribution in [2.24, 2.45) is 0 Å². The molecular weight excluding hydrogens is 106 g/mol.